The minimum atomic E-state index is -1.36. The maximum atomic E-state index is 14.3. The number of halogens is 2. The number of nitrogens with one attached hydrogen (secondary N) is 1. The lowest BCUT2D eigenvalue weighted by Gasteiger charge is -2.48. The fourth-order valence-corrected chi connectivity index (χ4v) is 4.00. The van der Waals surface area contributed by atoms with Gasteiger partial charge in [-0.25, -0.2) is 18.4 Å². The number of esters is 1. The quantitative estimate of drug-likeness (QED) is 0.540. The molecule has 12 heteroatoms. The van der Waals surface area contributed by atoms with Crippen molar-refractivity contribution in [2.24, 2.45) is 0 Å². The molecule has 4 rings (SSSR count). The fourth-order valence-electron chi connectivity index (χ4n) is 4.00. The molecular weight excluding hydrogens is 484 g/mol. The number of rotatable bonds is 7. The number of carbonyl (C=O) groups is 3. The molecule has 10 nitrogen and oxygen atoms in total. The second-order valence-electron chi connectivity index (χ2n) is 8.14. The topological polar surface area (TPSA) is 130 Å². The minimum absolute atomic E-state index is 0.0970. The van der Waals surface area contributed by atoms with Gasteiger partial charge in [-0.3, -0.25) is 4.79 Å². The standard InChI is InChI=1S/C24H23F2NO9/c1-12(28)27-19-21(35-22(31)15-4-2-3-5-16(15)26)20-17(34-24(19)33-11-18(29)30)10-32-23(36-20)13-6-8-14(25)9-7-13/h2-9,17,19-21,23-24H,10-11H2,1H3,(H,27,28)(H,29,30)/t17-,19-,20-,21-,23-,24+/m1/s1. The third-order valence-electron chi connectivity index (χ3n) is 5.56. The van der Waals surface area contributed by atoms with Gasteiger partial charge < -0.3 is 34.1 Å². The van der Waals surface area contributed by atoms with Gasteiger partial charge in [0, 0.05) is 12.5 Å². The first-order valence-corrected chi connectivity index (χ1v) is 11.0. The van der Waals surface area contributed by atoms with Crippen molar-refractivity contribution in [3.05, 3.63) is 71.3 Å². The minimum Gasteiger partial charge on any atom is -0.480 e. The van der Waals surface area contributed by atoms with E-state index in [-0.39, 0.29) is 12.2 Å². The van der Waals surface area contributed by atoms with Crippen molar-refractivity contribution >= 4 is 17.8 Å². The molecule has 2 N–H and O–H groups in total. The van der Waals surface area contributed by atoms with Crippen LogP contribution in [0.25, 0.3) is 0 Å². The Hall–Kier alpha value is -3.45. The summed E-state index contributed by atoms with van der Waals surface area (Å²) in [7, 11) is 0. The largest absolute Gasteiger partial charge is 0.480 e. The highest BCUT2D eigenvalue weighted by atomic mass is 19.1. The molecule has 0 aliphatic carbocycles. The van der Waals surface area contributed by atoms with Crippen LogP contribution in [0.2, 0.25) is 0 Å². The summed E-state index contributed by atoms with van der Waals surface area (Å²) in [4.78, 5) is 36.0. The van der Waals surface area contributed by atoms with Crippen molar-refractivity contribution in [2.75, 3.05) is 13.2 Å². The van der Waals surface area contributed by atoms with Crippen molar-refractivity contribution in [3.63, 3.8) is 0 Å². The lowest BCUT2D eigenvalue weighted by atomic mass is 9.95. The molecule has 0 bridgehead atoms. The normalized spacial score (nSPS) is 27.5. The molecule has 192 valence electrons. The van der Waals surface area contributed by atoms with Gasteiger partial charge in [0.1, 0.15) is 36.5 Å². The van der Waals surface area contributed by atoms with Crippen LogP contribution in [0.1, 0.15) is 29.1 Å². The number of amides is 1. The summed E-state index contributed by atoms with van der Waals surface area (Å²) in [5.41, 5.74) is 0.113. The molecule has 0 spiro atoms. The van der Waals surface area contributed by atoms with Crippen LogP contribution in [0.3, 0.4) is 0 Å². The molecule has 2 heterocycles. The van der Waals surface area contributed by atoms with Gasteiger partial charge in [-0.05, 0) is 24.3 Å². The fraction of sp³-hybridized carbons (Fsp3) is 0.375. The summed E-state index contributed by atoms with van der Waals surface area (Å²) in [5.74, 6) is -4.18. The van der Waals surface area contributed by atoms with E-state index in [1.165, 1.54) is 49.4 Å². The first-order valence-electron chi connectivity index (χ1n) is 11.0. The van der Waals surface area contributed by atoms with Crippen molar-refractivity contribution < 1.29 is 52.0 Å². The Bertz CT molecular complexity index is 1110. The highest BCUT2D eigenvalue weighted by molar-refractivity contribution is 5.89. The van der Waals surface area contributed by atoms with Crippen molar-refractivity contribution in [1.82, 2.24) is 5.32 Å². The summed E-state index contributed by atoms with van der Waals surface area (Å²) >= 11 is 0. The van der Waals surface area contributed by atoms with Crippen LogP contribution in [0.4, 0.5) is 8.78 Å². The zero-order chi connectivity index (χ0) is 25.8. The first-order chi connectivity index (χ1) is 17.2. The third kappa shape index (κ3) is 5.85. The summed E-state index contributed by atoms with van der Waals surface area (Å²) in [6.07, 6.45) is -5.63. The van der Waals surface area contributed by atoms with Crippen LogP contribution in [0.15, 0.2) is 48.5 Å². The van der Waals surface area contributed by atoms with Crippen molar-refractivity contribution in [2.45, 2.75) is 43.9 Å². The number of fused-ring (bicyclic) bond motifs is 1. The zero-order valence-electron chi connectivity index (χ0n) is 19.0. The SMILES string of the molecule is CC(=O)N[C@H]1[C@@H](OCC(=O)O)O[C@@H]2CO[C@@H](c3ccc(F)cc3)O[C@H]2[C@@H]1OC(=O)c1ccccc1F. The molecular formula is C24H23F2NO9. The maximum absolute atomic E-state index is 14.3. The zero-order valence-corrected chi connectivity index (χ0v) is 19.0. The average Bonchev–Trinajstić information content (AvgIpc) is 2.84. The lowest BCUT2D eigenvalue weighted by molar-refractivity contribution is -0.342. The van der Waals surface area contributed by atoms with Crippen molar-refractivity contribution in [3.8, 4) is 0 Å². The smallest absolute Gasteiger partial charge is 0.341 e. The predicted molar refractivity (Wildman–Crippen MR) is 115 cm³/mol. The van der Waals surface area contributed by atoms with E-state index in [0.29, 0.717) is 5.56 Å². The number of benzene rings is 2. The molecule has 2 saturated heterocycles. The number of hydrogen-bond acceptors (Lipinski definition) is 8. The monoisotopic (exact) mass is 507 g/mol. The number of hydrogen-bond donors (Lipinski definition) is 2. The van der Waals surface area contributed by atoms with Crippen LogP contribution in [0, 0.1) is 11.6 Å². The van der Waals surface area contributed by atoms with Crippen LogP contribution < -0.4 is 5.32 Å². The van der Waals surface area contributed by atoms with Gasteiger partial charge in [0.2, 0.25) is 5.91 Å². The molecule has 0 saturated carbocycles. The molecule has 2 fully saturated rings. The van der Waals surface area contributed by atoms with Gasteiger partial charge in [-0.2, -0.15) is 0 Å². The van der Waals surface area contributed by atoms with E-state index in [1.807, 2.05) is 0 Å². The third-order valence-corrected chi connectivity index (χ3v) is 5.56. The van der Waals surface area contributed by atoms with Gasteiger partial charge >= 0.3 is 11.9 Å². The van der Waals surface area contributed by atoms with Crippen LogP contribution in [-0.2, 0) is 33.3 Å². The Labute approximate surface area is 204 Å². The molecule has 2 aliphatic heterocycles. The van der Waals surface area contributed by atoms with Gasteiger partial charge in [-0.15, -0.1) is 0 Å². The van der Waals surface area contributed by atoms with Gasteiger partial charge in [0.25, 0.3) is 0 Å². The van der Waals surface area contributed by atoms with E-state index < -0.39 is 73.0 Å². The molecule has 0 unspecified atom stereocenters. The van der Waals surface area contributed by atoms with E-state index >= 15 is 0 Å². The molecule has 2 aromatic rings. The van der Waals surface area contributed by atoms with Gasteiger partial charge in [0.15, 0.2) is 18.7 Å². The maximum Gasteiger partial charge on any atom is 0.341 e. The second kappa shape index (κ2) is 11.1. The Morgan fingerprint density at radius 1 is 1.08 bits per heavy atom. The summed E-state index contributed by atoms with van der Waals surface area (Å²) in [6, 6.07) is 9.30. The highest BCUT2D eigenvalue weighted by Crippen LogP contribution is 2.36. The van der Waals surface area contributed by atoms with Gasteiger partial charge in [0.05, 0.1) is 12.2 Å². The Morgan fingerprint density at radius 3 is 2.47 bits per heavy atom. The predicted octanol–water partition coefficient (Wildman–Crippen LogP) is 1.94. The molecule has 0 radical (unpaired) electrons. The number of carbonyl (C=O) groups excluding carboxylic acids is 2. The molecule has 2 aromatic carbocycles. The summed E-state index contributed by atoms with van der Waals surface area (Å²) < 4.78 is 56.1. The van der Waals surface area contributed by atoms with Gasteiger partial charge in [-0.1, -0.05) is 24.3 Å². The second-order valence-corrected chi connectivity index (χ2v) is 8.14. The number of aliphatic carboxylic acids is 1. The number of ether oxygens (including phenoxy) is 5. The van der Waals surface area contributed by atoms with E-state index in [0.717, 1.165) is 6.07 Å². The van der Waals surface area contributed by atoms with E-state index in [4.69, 9.17) is 28.8 Å². The Morgan fingerprint density at radius 2 is 1.81 bits per heavy atom. The average molecular weight is 507 g/mol. The Balaban J connectivity index is 1.66. The summed E-state index contributed by atoms with van der Waals surface area (Å²) in [5, 5.41) is 11.6. The first kappa shape index (κ1) is 25.6. The lowest BCUT2D eigenvalue weighted by Crippen LogP contribution is -2.67. The van der Waals surface area contributed by atoms with E-state index in [1.54, 1.807) is 0 Å². The highest BCUT2D eigenvalue weighted by Gasteiger charge is 2.53. The molecule has 1 amide bonds. The molecule has 6 atom stereocenters. The van der Waals surface area contributed by atoms with Crippen LogP contribution in [-0.4, -0.2) is 66.8 Å². The van der Waals surface area contributed by atoms with E-state index in [9.17, 15) is 23.2 Å². The molecule has 0 aromatic heterocycles. The van der Waals surface area contributed by atoms with Crippen LogP contribution >= 0.6 is 0 Å². The number of carboxylic acids is 1. The van der Waals surface area contributed by atoms with E-state index in [2.05, 4.69) is 5.32 Å². The molecule has 2 aliphatic rings. The van der Waals surface area contributed by atoms with Crippen molar-refractivity contribution in [1.29, 1.82) is 0 Å². The number of carboxylic acid groups (broad SMARTS) is 1. The summed E-state index contributed by atoms with van der Waals surface area (Å²) in [6.45, 7) is 0.328. The van der Waals surface area contributed by atoms with Crippen LogP contribution in [0.5, 0.6) is 0 Å². The molecule has 36 heavy (non-hydrogen) atoms. The Kier molecular flexibility index (Phi) is 7.89.